The van der Waals surface area contributed by atoms with Gasteiger partial charge in [-0.3, -0.25) is 4.79 Å². The molecule has 2 aliphatic rings. The largest absolute Gasteiger partial charge is 0.341 e. The van der Waals surface area contributed by atoms with Crippen LogP contribution in [0.25, 0.3) is 0 Å². The fourth-order valence-electron chi connectivity index (χ4n) is 2.98. The lowest BCUT2D eigenvalue weighted by Crippen LogP contribution is -2.36. The van der Waals surface area contributed by atoms with Crippen LogP contribution in [0.1, 0.15) is 17.5 Å². The Morgan fingerprint density at radius 2 is 1.88 bits per heavy atom. The number of carbonyl (C=O) groups is 1. The molecular formula is C14H18N2O. The Morgan fingerprint density at radius 1 is 1.24 bits per heavy atom. The van der Waals surface area contributed by atoms with Gasteiger partial charge in [-0.05, 0) is 30.4 Å². The van der Waals surface area contributed by atoms with Gasteiger partial charge in [0.2, 0.25) is 5.91 Å². The molecular weight excluding hydrogens is 212 g/mol. The number of amides is 1. The third kappa shape index (κ3) is 1.95. The molecule has 0 aromatic heterocycles. The topological polar surface area (TPSA) is 46.3 Å². The summed E-state index contributed by atoms with van der Waals surface area (Å²) in [6, 6.07) is 8.56. The van der Waals surface area contributed by atoms with Gasteiger partial charge in [-0.15, -0.1) is 0 Å². The smallest absolute Gasteiger partial charge is 0.226 e. The predicted molar refractivity (Wildman–Crippen MR) is 66.5 cm³/mol. The van der Waals surface area contributed by atoms with Crippen LogP contribution < -0.4 is 5.73 Å². The van der Waals surface area contributed by atoms with Crippen molar-refractivity contribution in [1.82, 2.24) is 4.90 Å². The van der Waals surface area contributed by atoms with Gasteiger partial charge < -0.3 is 10.6 Å². The zero-order valence-corrected chi connectivity index (χ0v) is 9.93. The molecule has 1 atom stereocenters. The standard InChI is InChI=1S/C14H18N2O/c15-13-5-6-16(9-13)14(17)12-7-10-3-1-2-4-11(10)8-12/h1-4,12-13H,5-9,15H2/t13-/m0/s1. The van der Waals surface area contributed by atoms with Crippen molar-refractivity contribution in [3.63, 3.8) is 0 Å². The zero-order valence-electron chi connectivity index (χ0n) is 9.93. The van der Waals surface area contributed by atoms with Crippen LogP contribution >= 0.6 is 0 Å². The predicted octanol–water partition coefficient (Wildman–Crippen LogP) is 0.961. The second-order valence-electron chi connectivity index (χ2n) is 5.21. The maximum atomic E-state index is 12.3. The van der Waals surface area contributed by atoms with Crippen LogP contribution in [0.2, 0.25) is 0 Å². The maximum absolute atomic E-state index is 12.3. The Labute approximate surface area is 102 Å². The first kappa shape index (κ1) is 10.8. The molecule has 1 saturated heterocycles. The molecule has 0 spiro atoms. The summed E-state index contributed by atoms with van der Waals surface area (Å²) in [5, 5.41) is 0. The fourth-order valence-corrected chi connectivity index (χ4v) is 2.98. The Balaban J connectivity index is 1.70. The van der Waals surface area contributed by atoms with E-state index < -0.39 is 0 Å². The number of benzene rings is 1. The summed E-state index contributed by atoms with van der Waals surface area (Å²) in [5.41, 5.74) is 8.54. The van der Waals surface area contributed by atoms with Crippen molar-refractivity contribution in [2.45, 2.75) is 25.3 Å². The third-order valence-electron chi connectivity index (χ3n) is 3.94. The van der Waals surface area contributed by atoms with E-state index in [1.54, 1.807) is 0 Å². The lowest BCUT2D eigenvalue weighted by atomic mass is 10.1. The highest BCUT2D eigenvalue weighted by molar-refractivity contribution is 5.80. The van der Waals surface area contributed by atoms with Crippen LogP contribution in [0.3, 0.4) is 0 Å². The molecule has 1 heterocycles. The number of hydrogen-bond donors (Lipinski definition) is 1. The van der Waals surface area contributed by atoms with E-state index in [1.807, 2.05) is 4.90 Å². The molecule has 0 unspecified atom stereocenters. The van der Waals surface area contributed by atoms with Crippen molar-refractivity contribution in [2.24, 2.45) is 11.7 Å². The van der Waals surface area contributed by atoms with Crippen LogP contribution in [0.4, 0.5) is 0 Å². The van der Waals surface area contributed by atoms with Gasteiger partial charge in [0.1, 0.15) is 0 Å². The number of likely N-dealkylation sites (tertiary alicyclic amines) is 1. The van der Waals surface area contributed by atoms with Gasteiger partial charge >= 0.3 is 0 Å². The number of carbonyl (C=O) groups excluding carboxylic acids is 1. The number of hydrogen-bond acceptors (Lipinski definition) is 2. The molecule has 1 aliphatic carbocycles. The van der Waals surface area contributed by atoms with E-state index in [4.69, 9.17) is 5.73 Å². The van der Waals surface area contributed by atoms with E-state index >= 15 is 0 Å². The average Bonchev–Trinajstić information content (AvgIpc) is 2.93. The third-order valence-corrected chi connectivity index (χ3v) is 3.94. The summed E-state index contributed by atoms with van der Waals surface area (Å²) in [5.74, 6) is 0.451. The van der Waals surface area contributed by atoms with Gasteiger partial charge in [-0.2, -0.15) is 0 Å². The van der Waals surface area contributed by atoms with E-state index in [9.17, 15) is 4.79 Å². The van der Waals surface area contributed by atoms with E-state index in [1.165, 1.54) is 11.1 Å². The lowest BCUT2D eigenvalue weighted by Gasteiger charge is -2.19. The first-order valence-corrected chi connectivity index (χ1v) is 6.35. The zero-order chi connectivity index (χ0) is 11.8. The molecule has 3 heteroatoms. The normalized spacial score (nSPS) is 24.1. The fraction of sp³-hybridized carbons (Fsp3) is 0.500. The quantitative estimate of drug-likeness (QED) is 0.781. The molecule has 0 radical (unpaired) electrons. The lowest BCUT2D eigenvalue weighted by molar-refractivity contribution is -0.134. The second-order valence-corrected chi connectivity index (χ2v) is 5.21. The van der Waals surface area contributed by atoms with Crippen LogP contribution in [-0.2, 0) is 17.6 Å². The van der Waals surface area contributed by atoms with Crippen molar-refractivity contribution >= 4 is 5.91 Å². The van der Waals surface area contributed by atoms with Crippen molar-refractivity contribution in [1.29, 1.82) is 0 Å². The van der Waals surface area contributed by atoms with Crippen LogP contribution in [-0.4, -0.2) is 29.9 Å². The van der Waals surface area contributed by atoms with Gasteiger partial charge in [0.05, 0.1) is 0 Å². The minimum atomic E-state index is 0.151. The van der Waals surface area contributed by atoms with Crippen molar-refractivity contribution < 1.29 is 4.79 Å². The first-order valence-electron chi connectivity index (χ1n) is 6.35. The Morgan fingerprint density at radius 3 is 2.41 bits per heavy atom. The van der Waals surface area contributed by atoms with Crippen molar-refractivity contribution in [2.75, 3.05) is 13.1 Å². The summed E-state index contributed by atoms with van der Waals surface area (Å²) < 4.78 is 0. The van der Waals surface area contributed by atoms with Gasteiger partial charge in [0.25, 0.3) is 0 Å². The Bertz CT molecular complexity index is 419. The van der Waals surface area contributed by atoms with E-state index in [0.717, 1.165) is 32.4 Å². The molecule has 0 saturated carbocycles. The monoisotopic (exact) mass is 230 g/mol. The minimum absolute atomic E-state index is 0.151. The highest BCUT2D eigenvalue weighted by atomic mass is 16.2. The molecule has 1 aromatic rings. The van der Waals surface area contributed by atoms with Gasteiger partial charge in [0, 0.05) is 25.0 Å². The molecule has 1 aliphatic heterocycles. The first-order chi connectivity index (χ1) is 8.24. The number of fused-ring (bicyclic) bond motifs is 1. The summed E-state index contributed by atoms with van der Waals surface area (Å²) >= 11 is 0. The second kappa shape index (κ2) is 4.15. The van der Waals surface area contributed by atoms with Gasteiger partial charge in [-0.1, -0.05) is 24.3 Å². The summed E-state index contributed by atoms with van der Waals surface area (Å²) in [7, 11) is 0. The summed E-state index contributed by atoms with van der Waals surface area (Å²) in [4.78, 5) is 14.3. The summed E-state index contributed by atoms with van der Waals surface area (Å²) in [6.45, 7) is 1.58. The van der Waals surface area contributed by atoms with E-state index in [-0.39, 0.29) is 12.0 Å². The molecule has 3 nitrogen and oxygen atoms in total. The Hall–Kier alpha value is -1.35. The van der Waals surface area contributed by atoms with E-state index in [0.29, 0.717) is 5.91 Å². The average molecular weight is 230 g/mol. The molecule has 17 heavy (non-hydrogen) atoms. The maximum Gasteiger partial charge on any atom is 0.226 e. The molecule has 2 N–H and O–H groups in total. The SMILES string of the molecule is N[C@H]1CCN(C(=O)C2Cc3ccccc3C2)C1. The molecule has 1 fully saturated rings. The summed E-state index contributed by atoms with van der Waals surface area (Å²) in [6.07, 6.45) is 2.76. The van der Waals surface area contributed by atoms with Crippen LogP contribution in [0, 0.1) is 5.92 Å². The molecule has 1 amide bonds. The molecule has 1 aromatic carbocycles. The Kier molecular flexibility index (Phi) is 2.63. The van der Waals surface area contributed by atoms with E-state index in [2.05, 4.69) is 24.3 Å². The number of nitrogens with zero attached hydrogens (tertiary/aromatic N) is 1. The number of nitrogens with two attached hydrogens (primary N) is 1. The van der Waals surface area contributed by atoms with Gasteiger partial charge in [-0.25, -0.2) is 0 Å². The molecule has 3 rings (SSSR count). The molecule has 0 bridgehead atoms. The van der Waals surface area contributed by atoms with Crippen molar-refractivity contribution in [3.05, 3.63) is 35.4 Å². The van der Waals surface area contributed by atoms with Crippen molar-refractivity contribution in [3.8, 4) is 0 Å². The highest BCUT2D eigenvalue weighted by Crippen LogP contribution is 2.28. The van der Waals surface area contributed by atoms with Crippen LogP contribution in [0.15, 0.2) is 24.3 Å². The minimum Gasteiger partial charge on any atom is -0.341 e. The van der Waals surface area contributed by atoms with Crippen LogP contribution in [0.5, 0.6) is 0 Å². The van der Waals surface area contributed by atoms with Gasteiger partial charge in [0.15, 0.2) is 0 Å². The number of rotatable bonds is 1. The molecule has 90 valence electrons. The highest BCUT2D eigenvalue weighted by Gasteiger charge is 2.33.